The highest BCUT2D eigenvalue weighted by molar-refractivity contribution is 9.10. The Balaban J connectivity index is 2.41. The zero-order valence-corrected chi connectivity index (χ0v) is 15.7. The lowest BCUT2D eigenvalue weighted by molar-refractivity contribution is 0.287. The number of nitrogens with one attached hydrogen (secondary N) is 1. The van der Waals surface area contributed by atoms with E-state index in [0.717, 1.165) is 32.2 Å². The monoisotopic (exact) mass is 384 g/mol. The molecular weight excluding hydrogens is 364 g/mol. The molecule has 1 aromatic carbocycles. The normalized spacial score (nSPS) is 12.2. The van der Waals surface area contributed by atoms with Gasteiger partial charge in [-0.05, 0) is 55.9 Å². The van der Waals surface area contributed by atoms with Gasteiger partial charge in [0.15, 0.2) is 11.5 Å². The third-order valence-electron chi connectivity index (χ3n) is 3.23. The van der Waals surface area contributed by atoms with E-state index in [2.05, 4.69) is 33.6 Å². The van der Waals surface area contributed by atoms with Gasteiger partial charge in [-0.1, -0.05) is 0 Å². The molecule has 6 heteroatoms. The van der Waals surface area contributed by atoms with E-state index in [-0.39, 0.29) is 6.04 Å². The van der Waals surface area contributed by atoms with Crippen molar-refractivity contribution in [3.63, 3.8) is 0 Å². The molecule has 1 aromatic heterocycles. The molecule has 1 unspecified atom stereocenters. The number of benzene rings is 1. The van der Waals surface area contributed by atoms with Gasteiger partial charge in [-0.25, -0.2) is 4.98 Å². The molecule has 0 saturated heterocycles. The Morgan fingerprint density at radius 3 is 2.45 bits per heavy atom. The van der Waals surface area contributed by atoms with Gasteiger partial charge in [0, 0.05) is 15.4 Å². The number of aromatic nitrogens is 1. The Bertz CT molecular complexity index is 631. The van der Waals surface area contributed by atoms with Gasteiger partial charge in [-0.2, -0.15) is 0 Å². The molecule has 2 aromatic rings. The third kappa shape index (κ3) is 3.80. The second-order valence-electron chi connectivity index (χ2n) is 4.73. The number of halogens is 1. The van der Waals surface area contributed by atoms with Crippen LogP contribution >= 0.6 is 27.3 Å². The molecule has 4 nitrogen and oxygen atoms in total. The van der Waals surface area contributed by atoms with Crippen LogP contribution in [-0.2, 0) is 0 Å². The fourth-order valence-corrected chi connectivity index (χ4v) is 3.41. The fraction of sp³-hybridized carbons (Fsp3) is 0.438. The molecule has 120 valence electrons. The fourth-order valence-electron chi connectivity index (χ4n) is 2.00. The average Bonchev–Trinajstić information content (AvgIpc) is 2.99. The van der Waals surface area contributed by atoms with E-state index >= 15 is 0 Å². The van der Waals surface area contributed by atoms with Crippen molar-refractivity contribution in [2.75, 3.05) is 20.3 Å². The van der Waals surface area contributed by atoms with Gasteiger partial charge in [0.05, 0.1) is 24.9 Å². The van der Waals surface area contributed by atoms with E-state index in [1.165, 1.54) is 0 Å². The maximum absolute atomic E-state index is 5.70. The molecule has 2 rings (SSSR count). The Morgan fingerprint density at radius 1 is 1.23 bits per heavy atom. The SMILES string of the molecule is CCOc1cc(Br)c(-c2csc(C(C)NC)n2)cc1OCC. The molecule has 1 N–H and O–H groups in total. The Labute approximate surface area is 144 Å². The summed E-state index contributed by atoms with van der Waals surface area (Å²) in [6.45, 7) is 7.23. The smallest absolute Gasteiger partial charge is 0.162 e. The van der Waals surface area contributed by atoms with Crippen LogP contribution in [0.3, 0.4) is 0 Å². The number of ether oxygens (including phenoxy) is 2. The van der Waals surface area contributed by atoms with Crippen LogP contribution in [0, 0.1) is 0 Å². The van der Waals surface area contributed by atoms with Crippen LogP contribution in [0.4, 0.5) is 0 Å². The third-order valence-corrected chi connectivity index (χ3v) is 4.92. The molecule has 0 bridgehead atoms. The summed E-state index contributed by atoms with van der Waals surface area (Å²) in [6, 6.07) is 4.18. The average molecular weight is 385 g/mol. The van der Waals surface area contributed by atoms with Crippen molar-refractivity contribution >= 4 is 27.3 Å². The van der Waals surface area contributed by atoms with Gasteiger partial charge in [0.25, 0.3) is 0 Å². The minimum atomic E-state index is 0.242. The van der Waals surface area contributed by atoms with Gasteiger partial charge in [-0.15, -0.1) is 11.3 Å². The zero-order chi connectivity index (χ0) is 16.1. The maximum Gasteiger partial charge on any atom is 0.162 e. The van der Waals surface area contributed by atoms with E-state index < -0.39 is 0 Å². The first-order valence-electron chi connectivity index (χ1n) is 7.32. The van der Waals surface area contributed by atoms with Crippen molar-refractivity contribution in [1.29, 1.82) is 0 Å². The van der Waals surface area contributed by atoms with Crippen LogP contribution in [0.5, 0.6) is 11.5 Å². The predicted octanol–water partition coefficient (Wildman–Crippen LogP) is 4.65. The summed E-state index contributed by atoms with van der Waals surface area (Å²) in [7, 11) is 1.94. The van der Waals surface area contributed by atoms with Crippen LogP contribution in [-0.4, -0.2) is 25.2 Å². The largest absolute Gasteiger partial charge is 0.490 e. The van der Waals surface area contributed by atoms with Crippen LogP contribution in [0.1, 0.15) is 31.8 Å². The quantitative estimate of drug-likeness (QED) is 0.754. The zero-order valence-electron chi connectivity index (χ0n) is 13.3. The van der Waals surface area contributed by atoms with E-state index in [1.54, 1.807) is 11.3 Å². The number of rotatable bonds is 7. The summed E-state index contributed by atoms with van der Waals surface area (Å²) in [5, 5.41) is 6.34. The maximum atomic E-state index is 5.70. The highest BCUT2D eigenvalue weighted by atomic mass is 79.9. The molecule has 22 heavy (non-hydrogen) atoms. The van der Waals surface area contributed by atoms with Gasteiger partial charge in [-0.3, -0.25) is 0 Å². The molecule has 0 aliphatic carbocycles. The van der Waals surface area contributed by atoms with Crippen molar-refractivity contribution in [3.05, 3.63) is 27.0 Å². The van der Waals surface area contributed by atoms with Crippen molar-refractivity contribution in [3.8, 4) is 22.8 Å². The molecule has 0 aliphatic rings. The Hall–Kier alpha value is -1.11. The van der Waals surface area contributed by atoms with Crippen LogP contribution in [0.15, 0.2) is 22.0 Å². The predicted molar refractivity (Wildman–Crippen MR) is 95.1 cm³/mol. The molecular formula is C16H21BrN2O2S. The molecule has 0 fully saturated rings. The molecule has 0 saturated carbocycles. The first-order chi connectivity index (χ1) is 10.6. The van der Waals surface area contributed by atoms with Crippen LogP contribution < -0.4 is 14.8 Å². The topological polar surface area (TPSA) is 43.4 Å². The second-order valence-corrected chi connectivity index (χ2v) is 6.47. The van der Waals surface area contributed by atoms with E-state index in [1.807, 2.05) is 33.0 Å². The minimum absolute atomic E-state index is 0.242. The van der Waals surface area contributed by atoms with Crippen molar-refractivity contribution in [2.45, 2.75) is 26.8 Å². The van der Waals surface area contributed by atoms with Crippen molar-refractivity contribution in [2.24, 2.45) is 0 Å². The summed E-state index contributed by atoms with van der Waals surface area (Å²) in [5.74, 6) is 1.50. The van der Waals surface area contributed by atoms with E-state index in [0.29, 0.717) is 13.2 Å². The standard InChI is InChI=1S/C16H21BrN2O2S/c1-5-20-14-7-11(12(17)8-15(14)21-6-2)13-9-22-16(19-13)10(3)18-4/h7-10,18H,5-6H2,1-4H3. The summed E-state index contributed by atoms with van der Waals surface area (Å²) >= 11 is 5.27. The summed E-state index contributed by atoms with van der Waals surface area (Å²) in [5.41, 5.74) is 1.95. The van der Waals surface area contributed by atoms with Crippen LogP contribution in [0.2, 0.25) is 0 Å². The lowest BCUT2D eigenvalue weighted by atomic mass is 10.1. The van der Waals surface area contributed by atoms with Gasteiger partial charge < -0.3 is 14.8 Å². The molecule has 1 heterocycles. The van der Waals surface area contributed by atoms with Gasteiger partial charge in [0.2, 0.25) is 0 Å². The molecule has 0 aliphatic heterocycles. The van der Waals surface area contributed by atoms with E-state index in [9.17, 15) is 0 Å². The van der Waals surface area contributed by atoms with Crippen molar-refractivity contribution in [1.82, 2.24) is 10.3 Å². The number of hydrogen-bond acceptors (Lipinski definition) is 5. The molecule has 1 atom stereocenters. The van der Waals surface area contributed by atoms with Gasteiger partial charge >= 0.3 is 0 Å². The first kappa shape index (κ1) is 17.2. The molecule has 0 spiro atoms. The number of thiazole rings is 1. The summed E-state index contributed by atoms with van der Waals surface area (Å²) in [6.07, 6.45) is 0. The number of hydrogen-bond donors (Lipinski definition) is 1. The summed E-state index contributed by atoms with van der Waals surface area (Å²) in [4.78, 5) is 4.72. The number of nitrogens with zero attached hydrogens (tertiary/aromatic N) is 1. The lowest BCUT2D eigenvalue weighted by Gasteiger charge is -2.13. The highest BCUT2D eigenvalue weighted by Gasteiger charge is 2.16. The second kappa shape index (κ2) is 7.94. The Kier molecular flexibility index (Phi) is 6.23. The molecule has 0 radical (unpaired) electrons. The van der Waals surface area contributed by atoms with Gasteiger partial charge in [0.1, 0.15) is 5.01 Å². The van der Waals surface area contributed by atoms with Crippen molar-refractivity contribution < 1.29 is 9.47 Å². The Morgan fingerprint density at radius 2 is 1.86 bits per heavy atom. The minimum Gasteiger partial charge on any atom is -0.490 e. The van der Waals surface area contributed by atoms with Crippen LogP contribution in [0.25, 0.3) is 11.3 Å². The molecule has 0 amide bonds. The highest BCUT2D eigenvalue weighted by Crippen LogP contribution is 2.39. The lowest BCUT2D eigenvalue weighted by Crippen LogP contribution is -2.11. The van der Waals surface area contributed by atoms with E-state index in [4.69, 9.17) is 14.5 Å². The first-order valence-corrected chi connectivity index (χ1v) is 9.00. The summed E-state index contributed by atoms with van der Waals surface area (Å²) < 4.78 is 12.3.